The van der Waals surface area contributed by atoms with Crippen molar-refractivity contribution in [2.24, 2.45) is 5.92 Å². The Hall–Kier alpha value is -1.16. The molecule has 0 aliphatic heterocycles. The lowest BCUT2D eigenvalue weighted by Crippen LogP contribution is -2.14. The average molecular weight is 268 g/mol. The van der Waals surface area contributed by atoms with E-state index in [1.165, 1.54) is 0 Å². The van der Waals surface area contributed by atoms with Crippen LogP contribution in [0.1, 0.15) is 23.2 Å². The Morgan fingerprint density at radius 1 is 1.47 bits per heavy atom. The third-order valence-corrected chi connectivity index (χ3v) is 2.84. The van der Waals surface area contributed by atoms with E-state index >= 15 is 0 Å². The van der Waals surface area contributed by atoms with Crippen LogP contribution in [0.5, 0.6) is 0 Å². The lowest BCUT2D eigenvalue weighted by atomic mass is 10.2. The number of amides is 1. The molecule has 1 amide bonds. The number of nitrogens with one attached hydrogen (secondary N) is 1. The number of benzene rings is 1. The fourth-order valence-corrected chi connectivity index (χ4v) is 1.70. The summed E-state index contributed by atoms with van der Waals surface area (Å²) in [5.41, 5.74) is 1.09. The number of hydrogen-bond acceptors (Lipinski definition) is 2. The van der Waals surface area contributed by atoms with Crippen LogP contribution >= 0.6 is 15.9 Å². The summed E-state index contributed by atoms with van der Waals surface area (Å²) in [5, 5.41) is 2.76. The first kappa shape index (κ1) is 10.4. The van der Waals surface area contributed by atoms with Crippen LogP contribution < -0.4 is 5.32 Å². The summed E-state index contributed by atoms with van der Waals surface area (Å²) in [7, 11) is 0. The van der Waals surface area contributed by atoms with Gasteiger partial charge in [-0.3, -0.25) is 9.59 Å². The molecule has 1 saturated carbocycles. The van der Waals surface area contributed by atoms with Crippen LogP contribution in [0.3, 0.4) is 0 Å². The molecule has 0 radical (unpaired) electrons. The van der Waals surface area contributed by atoms with Crippen LogP contribution in [-0.4, -0.2) is 12.2 Å². The van der Waals surface area contributed by atoms with Crippen molar-refractivity contribution in [1.29, 1.82) is 0 Å². The number of rotatable bonds is 3. The molecule has 1 aromatic rings. The second kappa shape index (κ2) is 4.14. The second-order valence-electron chi connectivity index (χ2n) is 3.61. The van der Waals surface area contributed by atoms with Gasteiger partial charge in [-0.05, 0) is 31.0 Å². The summed E-state index contributed by atoms with van der Waals surface area (Å²) in [4.78, 5) is 22.3. The number of halogens is 1. The average Bonchev–Trinajstić information content (AvgIpc) is 3.04. The molecular formula is C11H10BrNO2. The van der Waals surface area contributed by atoms with Gasteiger partial charge in [-0.25, -0.2) is 0 Å². The molecule has 0 heterocycles. The van der Waals surface area contributed by atoms with Crippen molar-refractivity contribution in [2.75, 3.05) is 5.32 Å². The normalized spacial score (nSPS) is 14.7. The van der Waals surface area contributed by atoms with Crippen LogP contribution in [0, 0.1) is 5.92 Å². The van der Waals surface area contributed by atoms with E-state index in [1.54, 1.807) is 18.2 Å². The zero-order valence-corrected chi connectivity index (χ0v) is 9.58. The molecule has 0 spiro atoms. The van der Waals surface area contributed by atoms with Gasteiger partial charge in [0.2, 0.25) is 5.91 Å². The molecule has 0 aromatic heterocycles. The quantitative estimate of drug-likeness (QED) is 0.856. The topological polar surface area (TPSA) is 46.2 Å². The van der Waals surface area contributed by atoms with Gasteiger partial charge in [0, 0.05) is 16.0 Å². The molecule has 1 aromatic carbocycles. The van der Waals surface area contributed by atoms with E-state index in [0.717, 1.165) is 23.6 Å². The predicted molar refractivity (Wildman–Crippen MR) is 60.9 cm³/mol. The van der Waals surface area contributed by atoms with Gasteiger partial charge in [0.25, 0.3) is 0 Å². The Morgan fingerprint density at radius 3 is 2.80 bits per heavy atom. The van der Waals surface area contributed by atoms with Crippen molar-refractivity contribution in [3.8, 4) is 0 Å². The van der Waals surface area contributed by atoms with E-state index in [4.69, 9.17) is 0 Å². The predicted octanol–water partition coefficient (Wildman–Crippen LogP) is 2.61. The molecule has 0 saturated heterocycles. The van der Waals surface area contributed by atoms with Gasteiger partial charge in [0.15, 0.2) is 6.29 Å². The Kier molecular flexibility index (Phi) is 2.86. The van der Waals surface area contributed by atoms with Crippen LogP contribution in [-0.2, 0) is 4.79 Å². The number of carbonyl (C=O) groups is 2. The number of anilines is 1. The minimum absolute atomic E-state index is 0.0143. The van der Waals surface area contributed by atoms with E-state index < -0.39 is 0 Å². The largest absolute Gasteiger partial charge is 0.325 e. The van der Waals surface area contributed by atoms with E-state index in [-0.39, 0.29) is 11.8 Å². The monoisotopic (exact) mass is 267 g/mol. The van der Waals surface area contributed by atoms with Crippen LogP contribution in [0.25, 0.3) is 0 Å². The van der Waals surface area contributed by atoms with E-state index in [1.807, 2.05) is 0 Å². The Balaban J connectivity index is 2.19. The summed E-state index contributed by atoms with van der Waals surface area (Å²) in [5.74, 6) is 0.161. The number of carbonyl (C=O) groups excluding carboxylic acids is 2. The zero-order chi connectivity index (χ0) is 10.8. The fraction of sp³-hybridized carbons (Fsp3) is 0.273. The van der Waals surface area contributed by atoms with Gasteiger partial charge in [-0.15, -0.1) is 0 Å². The van der Waals surface area contributed by atoms with E-state index in [0.29, 0.717) is 11.3 Å². The molecule has 78 valence electrons. The summed E-state index contributed by atoms with van der Waals surface area (Å²) < 4.78 is 0.828. The number of hydrogen-bond donors (Lipinski definition) is 1. The molecule has 0 bridgehead atoms. The molecule has 0 atom stereocenters. The molecule has 1 aliphatic rings. The SMILES string of the molecule is O=Cc1cc(Br)ccc1NC(=O)C1CC1. The van der Waals surface area contributed by atoms with E-state index in [9.17, 15) is 9.59 Å². The highest BCUT2D eigenvalue weighted by Crippen LogP contribution is 2.30. The van der Waals surface area contributed by atoms with Gasteiger partial charge < -0.3 is 5.32 Å². The van der Waals surface area contributed by atoms with Crippen LogP contribution in [0.2, 0.25) is 0 Å². The van der Waals surface area contributed by atoms with Gasteiger partial charge in [-0.2, -0.15) is 0 Å². The smallest absolute Gasteiger partial charge is 0.227 e. The molecule has 2 rings (SSSR count). The molecule has 4 heteroatoms. The summed E-state index contributed by atoms with van der Waals surface area (Å²) in [6.07, 6.45) is 2.66. The van der Waals surface area contributed by atoms with E-state index in [2.05, 4.69) is 21.2 Å². The Morgan fingerprint density at radius 2 is 2.20 bits per heavy atom. The minimum Gasteiger partial charge on any atom is -0.325 e. The number of aldehydes is 1. The molecule has 15 heavy (non-hydrogen) atoms. The van der Waals surface area contributed by atoms with Gasteiger partial charge in [0.05, 0.1) is 5.69 Å². The second-order valence-corrected chi connectivity index (χ2v) is 4.53. The maximum Gasteiger partial charge on any atom is 0.227 e. The van der Waals surface area contributed by atoms with Crippen molar-refractivity contribution in [3.63, 3.8) is 0 Å². The summed E-state index contributed by atoms with van der Waals surface area (Å²) in [6, 6.07) is 5.22. The lowest BCUT2D eigenvalue weighted by molar-refractivity contribution is -0.117. The zero-order valence-electron chi connectivity index (χ0n) is 8.00. The maximum absolute atomic E-state index is 11.5. The minimum atomic E-state index is 0.0143. The van der Waals surface area contributed by atoms with Crippen LogP contribution in [0.4, 0.5) is 5.69 Å². The van der Waals surface area contributed by atoms with Gasteiger partial charge in [0.1, 0.15) is 0 Å². The highest BCUT2D eigenvalue weighted by Gasteiger charge is 2.29. The highest BCUT2D eigenvalue weighted by molar-refractivity contribution is 9.10. The Labute approximate surface area is 96.0 Å². The standard InChI is InChI=1S/C11H10BrNO2/c12-9-3-4-10(8(5-9)6-14)13-11(15)7-1-2-7/h3-7H,1-2H2,(H,13,15). The first-order valence-electron chi connectivity index (χ1n) is 4.76. The molecule has 1 fully saturated rings. The van der Waals surface area contributed by atoms with Crippen LogP contribution in [0.15, 0.2) is 22.7 Å². The molecule has 0 unspecified atom stereocenters. The maximum atomic E-state index is 11.5. The van der Waals surface area contributed by atoms with Gasteiger partial charge >= 0.3 is 0 Å². The summed E-state index contributed by atoms with van der Waals surface area (Å²) in [6.45, 7) is 0. The van der Waals surface area contributed by atoms with Crippen molar-refractivity contribution in [3.05, 3.63) is 28.2 Å². The molecule has 3 nitrogen and oxygen atoms in total. The fourth-order valence-electron chi connectivity index (χ4n) is 1.33. The van der Waals surface area contributed by atoms with Crippen molar-refractivity contribution >= 4 is 33.8 Å². The first-order chi connectivity index (χ1) is 7.20. The molecular weight excluding hydrogens is 258 g/mol. The lowest BCUT2D eigenvalue weighted by Gasteiger charge is -2.06. The molecule has 1 N–H and O–H groups in total. The van der Waals surface area contributed by atoms with Crippen molar-refractivity contribution in [2.45, 2.75) is 12.8 Å². The summed E-state index contributed by atoms with van der Waals surface area (Å²) >= 11 is 3.27. The third-order valence-electron chi connectivity index (χ3n) is 2.35. The highest BCUT2D eigenvalue weighted by atomic mass is 79.9. The molecule has 1 aliphatic carbocycles. The van der Waals surface area contributed by atoms with Gasteiger partial charge in [-0.1, -0.05) is 15.9 Å². The Bertz CT molecular complexity index is 413. The van der Waals surface area contributed by atoms with Crippen molar-refractivity contribution in [1.82, 2.24) is 0 Å². The third kappa shape index (κ3) is 2.45. The first-order valence-corrected chi connectivity index (χ1v) is 5.55. The van der Waals surface area contributed by atoms with Crippen molar-refractivity contribution < 1.29 is 9.59 Å².